The molecule has 0 spiro atoms. The molecule has 2 saturated heterocycles. The van der Waals surface area contributed by atoms with Crippen LogP contribution in [0.15, 0.2) is 6.07 Å². The van der Waals surface area contributed by atoms with Crippen molar-refractivity contribution in [3.8, 4) is 0 Å². The zero-order chi connectivity index (χ0) is 13.1. The molecular formula is C15H23N3O. The maximum Gasteiger partial charge on any atom is 0.145 e. The summed E-state index contributed by atoms with van der Waals surface area (Å²) in [5.74, 6) is 1.55. The molecule has 2 fully saturated rings. The largest absolute Gasteiger partial charge is 0.381 e. The van der Waals surface area contributed by atoms with Gasteiger partial charge >= 0.3 is 0 Å². The Morgan fingerprint density at radius 3 is 2.74 bits per heavy atom. The summed E-state index contributed by atoms with van der Waals surface area (Å²) in [5, 5.41) is 3.54. The van der Waals surface area contributed by atoms with Crippen molar-refractivity contribution < 1.29 is 4.74 Å². The van der Waals surface area contributed by atoms with Crippen molar-refractivity contribution in [3.63, 3.8) is 0 Å². The van der Waals surface area contributed by atoms with E-state index in [1.54, 1.807) is 0 Å². The summed E-state index contributed by atoms with van der Waals surface area (Å²) in [5.41, 5.74) is 2.32. The van der Waals surface area contributed by atoms with Gasteiger partial charge in [0.1, 0.15) is 5.82 Å². The lowest BCUT2D eigenvalue weighted by atomic mass is 9.95. The summed E-state index contributed by atoms with van der Waals surface area (Å²) in [4.78, 5) is 9.50. The standard InChI is InChI=1S/C15H23N3O/c1-11-10-14(12-5-8-19-9-6-12)18-15(17-11)13-4-2-3-7-16-13/h10,12-13,16H,2-9H2,1H3. The molecule has 1 aromatic heterocycles. The molecule has 3 rings (SSSR count). The Morgan fingerprint density at radius 1 is 1.16 bits per heavy atom. The molecule has 1 aromatic rings. The van der Waals surface area contributed by atoms with Crippen molar-refractivity contribution in [1.82, 2.24) is 15.3 Å². The van der Waals surface area contributed by atoms with Gasteiger partial charge in [0.05, 0.1) is 6.04 Å². The second-order valence-electron chi connectivity index (χ2n) is 5.68. The monoisotopic (exact) mass is 261 g/mol. The summed E-state index contributed by atoms with van der Waals surface area (Å²) in [6.45, 7) is 4.90. The highest BCUT2D eigenvalue weighted by atomic mass is 16.5. The minimum absolute atomic E-state index is 0.354. The van der Waals surface area contributed by atoms with Crippen molar-refractivity contribution in [2.24, 2.45) is 0 Å². The van der Waals surface area contributed by atoms with E-state index in [1.165, 1.54) is 18.5 Å². The lowest BCUT2D eigenvalue weighted by Crippen LogP contribution is -2.29. The Morgan fingerprint density at radius 2 is 2.00 bits per heavy atom. The Kier molecular flexibility index (Phi) is 4.09. The third-order valence-corrected chi connectivity index (χ3v) is 4.15. The molecular weight excluding hydrogens is 238 g/mol. The molecule has 0 bridgehead atoms. The topological polar surface area (TPSA) is 47.0 Å². The Labute approximate surface area is 115 Å². The minimum atomic E-state index is 0.354. The van der Waals surface area contributed by atoms with Gasteiger partial charge in [-0.3, -0.25) is 0 Å². The number of aryl methyl sites for hydroxylation is 1. The number of hydrogen-bond acceptors (Lipinski definition) is 4. The quantitative estimate of drug-likeness (QED) is 0.888. The smallest absolute Gasteiger partial charge is 0.145 e. The first-order chi connectivity index (χ1) is 9.33. The zero-order valence-electron chi connectivity index (χ0n) is 11.7. The molecule has 3 heterocycles. The van der Waals surface area contributed by atoms with E-state index < -0.39 is 0 Å². The van der Waals surface area contributed by atoms with Gasteiger partial charge in [-0.05, 0) is 45.2 Å². The molecule has 0 aliphatic carbocycles. The molecule has 19 heavy (non-hydrogen) atoms. The second kappa shape index (κ2) is 5.97. The van der Waals surface area contributed by atoms with Crippen LogP contribution >= 0.6 is 0 Å². The minimum Gasteiger partial charge on any atom is -0.381 e. The van der Waals surface area contributed by atoms with Crippen LogP contribution in [0.5, 0.6) is 0 Å². The van der Waals surface area contributed by atoms with Gasteiger partial charge in [-0.15, -0.1) is 0 Å². The van der Waals surface area contributed by atoms with E-state index in [0.717, 1.165) is 50.5 Å². The van der Waals surface area contributed by atoms with Crippen LogP contribution in [-0.4, -0.2) is 29.7 Å². The highest BCUT2D eigenvalue weighted by Gasteiger charge is 2.22. The van der Waals surface area contributed by atoms with Crippen LogP contribution in [0.25, 0.3) is 0 Å². The third kappa shape index (κ3) is 3.12. The molecule has 0 amide bonds. The molecule has 1 atom stereocenters. The number of aromatic nitrogens is 2. The fourth-order valence-corrected chi connectivity index (χ4v) is 3.05. The molecule has 4 nitrogen and oxygen atoms in total. The summed E-state index contributed by atoms with van der Waals surface area (Å²) in [6.07, 6.45) is 5.90. The maximum atomic E-state index is 5.44. The van der Waals surface area contributed by atoms with E-state index in [2.05, 4.69) is 23.3 Å². The maximum absolute atomic E-state index is 5.44. The van der Waals surface area contributed by atoms with Crippen LogP contribution in [-0.2, 0) is 4.74 Å². The molecule has 2 aliphatic heterocycles. The highest BCUT2D eigenvalue weighted by Crippen LogP contribution is 2.27. The average Bonchev–Trinajstić information content (AvgIpc) is 2.48. The van der Waals surface area contributed by atoms with E-state index in [9.17, 15) is 0 Å². The highest BCUT2D eigenvalue weighted by molar-refractivity contribution is 5.16. The van der Waals surface area contributed by atoms with E-state index in [0.29, 0.717) is 12.0 Å². The molecule has 1 unspecified atom stereocenters. The molecule has 0 radical (unpaired) electrons. The van der Waals surface area contributed by atoms with E-state index in [-0.39, 0.29) is 0 Å². The van der Waals surface area contributed by atoms with Crippen molar-refractivity contribution in [3.05, 3.63) is 23.3 Å². The summed E-state index contributed by atoms with van der Waals surface area (Å²) in [6, 6.07) is 2.51. The van der Waals surface area contributed by atoms with Gasteiger partial charge < -0.3 is 10.1 Å². The van der Waals surface area contributed by atoms with Crippen molar-refractivity contribution in [2.75, 3.05) is 19.8 Å². The zero-order valence-corrected chi connectivity index (χ0v) is 11.7. The molecule has 0 aromatic carbocycles. The van der Waals surface area contributed by atoms with Crippen molar-refractivity contribution >= 4 is 0 Å². The first kappa shape index (κ1) is 13.0. The summed E-state index contributed by atoms with van der Waals surface area (Å²) in [7, 11) is 0. The van der Waals surface area contributed by atoms with Gasteiger partial charge in [0.15, 0.2) is 0 Å². The third-order valence-electron chi connectivity index (χ3n) is 4.15. The number of nitrogens with zero attached hydrogens (tertiary/aromatic N) is 2. The number of rotatable bonds is 2. The van der Waals surface area contributed by atoms with Crippen LogP contribution in [0, 0.1) is 6.92 Å². The summed E-state index contributed by atoms with van der Waals surface area (Å²) >= 11 is 0. The lowest BCUT2D eigenvalue weighted by molar-refractivity contribution is 0.0843. The molecule has 1 N–H and O–H groups in total. The van der Waals surface area contributed by atoms with E-state index in [4.69, 9.17) is 9.72 Å². The molecule has 4 heteroatoms. The van der Waals surface area contributed by atoms with Gasteiger partial charge in [0.25, 0.3) is 0 Å². The van der Waals surface area contributed by atoms with Gasteiger partial charge in [-0.2, -0.15) is 0 Å². The predicted octanol–water partition coefficient (Wildman–Crippen LogP) is 2.49. The number of ether oxygens (including phenoxy) is 1. The fourth-order valence-electron chi connectivity index (χ4n) is 3.05. The summed E-state index contributed by atoms with van der Waals surface area (Å²) < 4.78 is 5.44. The normalized spacial score (nSPS) is 25.4. The first-order valence-corrected chi connectivity index (χ1v) is 7.49. The Hall–Kier alpha value is -1.00. The van der Waals surface area contributed by atoms with Gasteiger partial charge in [-0.25, -0.2) is 9.97 Å². The SMILES string of the molecule is Cc1cc(C2CCOCC2)nc(C2CCCCN2)n1. The van der Waals surface area contributed by atoms with Gasteiger partial charge in [0.2, 0.25) is 0 Å². The van der Waals surface area contributed by atoms with E-state index in [1.807, 2.05) is 0 Å². The number of nitrogens with one attached hydrogen (secondary N) is 1. The van der Waals surface area contributed by atoms with E-state index >= 15 is 0 Å². The lowest BCUT2D eigenvalue weighted by Gasteiger charge is -2.25. The Balaban J connectivity index is 1.82. The fraction of sp³-hybridized carbons (Fsp3) is 0.733. The van der Waals surface area contributed by atoms with Gasteiger partial charge in [-0.1, -0.05) is 6.42 Å². The molecule has 2 aliphatic rings. The van der Waals surface area contributed by atoms with Crippen LogP contribution in [0.3, 0.4) is 0 Å². The predicted molar refractivity (Wildman–Crippen MR) is 74.2 cm³/mol. The van der Waals surface area contributed by atoms with Crippen molar-refractivity contribution in [2.45, 2.75) is 51.0 Å². The van der Waals surface area contributed by atoms with Crippen LogP contribution in [0.4, 0.5) is 0 Å². The van der Waals surface area contributed by atoms with Crippen LogP contribution in [0.1, 0.15) is 61.3 Å². The number of piperidine rings is 1. The second-order valence-corrected chi connectivity index (χ2v) is 5.68. The Bertz CT molecular complexity index is 387. The van der Waals surface area contributed by atoms with Crippen LogP contribution in [0.2, 0.25) is 0 Å². The molecule has 0 saturated carbocycles. The average molecular weight is 261 g/mol. The molecule has 104 valence electrons. The number of hydrogen-bond donors (Lipinski definition) is 1. The first-order valence-electron chi connectivity index (χ1n) is 7.49. The van der Waals surface area contributed by atoms with Gasteiger partial charge in [0, 0.05) is 30.5 Å². The van der Waals surface area contributed by atoms with Crippen LogP contribution < -0.4 is 5.32 Å². The van der Waals surface area contributed by atoms with Crippen molar-refractivity contribution in [1.29, 1.82) is 0 Å².